The first kappa shape index (κ1) is 15.3. The van der Waals surface area contributed by atoms with Gasteiger partial charge in [0.2, 0.25) is 0 Å². The molecule has 0 saturated carbocycles. The quantitative estimate of drug-likeness (QED) is 0.672. The van der Waals surface area contributed by atoms with E-state index in [0.29, 0.717) is 17.9 Å². The van der Waals surface area contributed by atoms with Gasteiger partial charge >= 0.3 is 0 Å². The minimum Gasteiger partial charge on any atom is -0.493 e. The minimum atomic E-state index is 0.197. The molecular weight excluding hydrogens is 240 g/mol. The third-order valence-electron chi connectivity index (χ3n) is 2.88. The van der Waals surface area contributed by atoms with Crippen LogP contribution in [-0.2, 0) is 11.2 Å². The average Bonchev–Trinajstić information content (AvgIpc) is 2.44. The summed E-state index contributed by atoms with van der Waals surface area (Å²) in [6.07, 6.45) is 6.94. The molecule has 0 aliphatic heterocycles. The number of carbonyl (C=O) groups is 1. The van der Waals surface area contributed by atoms with Crippen molar-refractivity contribution in [1.29, 1.82) is 0 Å². The van der Waals surface area contributed by atoms with Crippen LogP contribution in [0.3, 0.4) is 0 Å². The summed E-state index contributed by atoms with van der Waals surface area (Å²) in [6, 6.07) is 5.78. The molecule has 0 N–H and O–H groups in total. The Labute approximate surface area is 115 Å². The van der Waals surface area contributed by atoms with Gasteiger partial charge in [0.1, 0.15) is 0 Å². The number of ether oxygens (including phenoxy) is 2. The van der Waals surface area contributed by atoms with Crippen LogP contribution in [0.5, 0.6) is 11.5 Å². The maximum Gasteiger partial charge on any atom is 0.160 e. The van der Waals surface area contributed by atoms with Crippen molar-refractivity contribution in [1.82, 2.24) is 0 Å². The monoisotopic (exact) mass is 262 g/mol. The largest absolute Gasteiger partial charge is 0.493 e. The first-order valence-electron chi connectivity index (χ1n) is 6.61. The molecule has 0 aliphatic rings. The number of allylic oxidation sites excluding steroid dienone is 2. The summed E-state index contributed by atoms with van der Waals surface area (Å²) in [5, 5.41) is 0. The molecule has 0 heterocycles. The van der Waals surface area contributed by atoms with E-state index in [9.17, 15) is 4.79 Å². The van der Waals surface area contributed by atoms with Crippen molar-refractivity contribution >= 4 is 5.78 Å². The highest BCUT2D eigenvalue weighted by molar-refractivity contribution is 5.89. The van der Waals surface area contributed by atoms with Crippen LogP contribution in [0.1, 0.15) is 31.7 Å². The van der Waals surface area contributed by atoms with Gasteiger partial charge in [-0.3, -0.25) is 4.79 Å². The Morgan fingerprint density at radius 2 is 1.95 bits per heavy atom. The summed E-state index contributed by atoms with van der Waals surface area (Å²) in [6.45, 7) is 2.08. The van der Waals surface area contributed by atoms with Crippen LogP contribution in [0.2, 0.25) is 0 Å². The fraction of sp³-hybridized carbons (Fsp3) is 0.438. The highest BCUT2D eigenvalue weighted by atomic mass is 16.5. The molecule has 0 amide bonds. The summed E-state index contributed by atoms with van der Waals surface area (Å²) < 4.78 is 10.4. The Morgan fingerprint density at radius 3 is 2.58 bits per heavy atom. The molecular formula is C16H22O3. The summed E-state index contributed by atoms with van der Waals surface area (Å²) in [4.78, 5) is 11.5. The summed E-state index contributed by atoms with van der Waals surface area (Å²) in [7, 11) is 3.23. The predicted molar refractivity (Wildman–Crippen MR) is 76.9 cm³/mol. The second kappa shape index (κ2) is 8.35. The molecule has 0 atom stereocenters. The third-order valence-corrected chi connectivity index (χ3v) is 2.88. The topological polar surface area (TPSA) is 35.5 Å². The second-order valence-electron chi connectivity index (χ2n) is 4.37. The van der Waals surface area contributed by atoms with Gasteiger partial charge < -0.3 is 9.47 Å². The summed E-state index contributed by atoms with van der Waals surface area (Å²) in [5.41, 5.74) is 1.09. The maximum absolute atomic E-state index is 11.5. The van der Waals surface area contributed by atoms with Crippen LogP contribution in [0, 0.1) is 0 Å². The highest BCUT2D eigenvalue weighted by Gasteiger charge is 2.03. The second-order valence-corrected chi connectivity index (χ2v) is 4.37. The zero-order valence-corrected chi connectivity index (χ0v) is 11.9. The lowest BCUT2D eigenvalue weighted by Gasteiger charge is -2.08. The zero-order valence-electron chi connectivity index (χ0n) is 11.9. The number of ketones is 1. The molecule has 0 aliphatic carbocycles. The van der Waals surface area contributed by atoms with Gasteiger partial charge in [-0.05, 0) is 36.6 Å². The first-order valence-corrected chi connectivity index (χ1v) is 6.61. The molecule has 1 rings (SSSR count). The molecule has 0 saturated heterocycles. The zero-order chi connectivity index (χ0) is 14.1. The number of rotatable bonds is 8. The van der Waals surface area contributed by atoms with Crippen LogP contribution in [0.4, 0.5) is 0 Å². The SMILES string of the molecule is CCCCC(=O)C=CCc1ccc(OC)c(OC)c1. The smallest absolute Gasteiger partial charge is 0.160 e. The van der Waals surface area contributed by atoms with Crippen molar-refractivity contribution in [2.75, 3.05) is 14.2 Å². The van der Waals surface area contributed by atoms with E-state index < -0.39 is 0 Å². The summed E-state index contributed by atoms with van der Waals surface area (Å²) in [5.74, 6) is 1.63. The van der Waals surface area contributed by atoms with Gasteiger partial charge in [0.15, 0.2) is 17.3 Å². The lowest BCUT2D eigenvalue weighted by atomic mass is 10.1. The van der Waals surface area contributed by atoms with Gasteiger partial charge in [-0.1, -0.05) is 25.5 Å². The van der Waals surface area contributed by atoms with Gasteiger partial charge in [-0.25, -0.2) is 0 Å². The van der Waals surface area contributed by atoms with Crippen molar-refractivity contribution in [3.05, 3.63) is 35.9 Å². The van der Waals surface area contributed by atoms with Gasteiger partial charge in [-0.15, -0.1) is 0 Å². The Hall–Kier alpha value is -1.77. The Kier molecular flexibility index (Phi) is 6.72. The van der Waals surface area contributed by atoms with Crippen LogP contribution in [0.15, 0.2) is 30.4 Å². The van der Waals surface area contributed by atoms with E-state index >= 15 is 0 Å². The molecule has 0 aromatic heterocycles. The van der Waals surface area contributed by atoms with E-state index in [4.69, 9.17) is 9.47 Å². The first-order chi connectivity index (χ1) is 9.21. The van der Waals surface area contributed by atoms with E-state index in [2.05, 4.69) is 6.92 Å². The molecule has 1 aromatic rings. The van der Waals surface area contributed by atoms with Crippen molar-refractivity contribution in [2.24, 2.45) is 0 Å². The summed E-state index contributed by atoms with van der Waals surface area (Å²) >= 11 is 0. The molecule has 0 radical (unpaired) electrons. The number of methoxy groups -OCH3 is 2. The van der Waals surface area contributed by atoms with Crippen molar-refractivity contribution in [2.45, 2.75) is 32.6 Å². The van der Waals surface area contributed by atoms with E-state index in [1.54, 1.807) is 20.3 Å². The van der Waals surface area contributed by atoms with Crippen molar-refractivity contribution in [3.63, 3.8) is 0 Å². The molecule has 1 aromatic carbocycles. The van der Waals surface area contributed by atoms with E-state index in [0.717, 1.165) is 24.8 Å². The third kappa shape index (κ3) is 5.16. The van der Waals surface area contributed by atoms with Gasteiger partial charge in [0, 0.05) is 6.42 Å². The number of benzene rings is 1. The number of unbranched alkanes of at least 4 members (excludes halogenated alkanes) is 1. The average molecular weight is 262 g/mol. The number of carbonyl (C=O) groups excluding carboxylic acids is 1. The molecule has 104 valence electrons. The number of hydrogen-bond donors (Lipinski definition) is 0. The number of hydrogen-bond acceptors (Lipinski definition) is 3. The molecule has 0 unspecified atom stereocenters. The van der Waals surface area contributed by atoms with E-state index in [-0.39, 0.29) is 5.78 Å². The van der Waals surface area contributed by atoms with Crippen LogP contribution >= 0.6 is 0 Å². The molecule has 3 nitrogen and oxygen atoms in total. The fourth-order valence-electron chi connectivity index (χ4n) is 1.77. The van der Waals surface area contributed by atoms with Gasteiger partial charge in [-0.2, -0.15) is 0 Å². The Bertz CT molecular complexity index is 436. The van der Waals surface area contributed by atoms with Gasteiger partial charge in [0.05, 0.1) is 14.2 Å². The van der Waals surface area contributed by atoms with Crippen LogP contribution in [0.25, 0.3) is 0 Å². The fourth-order valence-corrected chi connectivity index (χ4v) is 1.77. The maximum atomic E-state index is 11.5. The van der Waals surface area contributed by atoms with E-state index in [1.807, 2.05) is 24.3 Å². The predicted octanol–water partition coefficient (Wildman–Crippen LogP) is 3.56. The lowest BCUT2D eigenvalue weighted by Crippen LogP contribution is -1.93. The van der Waals surface area contributed by atoms with Crippen molar-refractivity contribution in [3.8, 4) is 11.5 Å². The van der Waals surface area contributed by atoms with Crippen LogP contribution < -0.4 is 9.47 Å². The molecule has 0 spiro atoms. The standard InChI is InChI=1S/C16H22O3/c1-4-5-8-14(17)9-6-7-13-10-11-15(18-2)16(12-13)19-3/h6,9-12H,4-5,7-8H2,1-3H3. The minimum absolute atomic E-state index is 0.197. The van der Waals surface area contributed by atoms with Gasteiger partial charge in [0.25, 0.3) is 0 Å². The normalized spacial score (nSPS) is 10.7. The molecule has 0 fully saturated rings. The van der Waals surface area contributed by atoms with Crippen LogP contribution in [-0.4, -0.2) is 20.0 Å². The Morgan fingerprint density at radius 1 is 1.21 bits per heavy atom. The molecule has 3 heteroatoms. The molecule has 0 bridgehead atoms. The highest BCUT2D eigenvalue weighted by Crippen LogP contribution is 2.27. The molecule has 19 heavy (non-hydrogen) atoms. The Balaban J connectivity index is 2.58. The van der Waals surface area contributed by atoms with Crippen molar-refractivity contribution < 1.29 is 14.3 Å². The van der Waals surface area contributed by atoms with E-state index in [1.165, 1.54) is 0 Å². The lowest BCUT2D eigenvalue weighted by molar-refractivity contribution is -0.114.